The van der Waals surface area contributed by atoms with Crippen LogP contribution < -0.4 is 4.74 Å². The molecule has 0 bridgehead atoms. The van der Waals surface area contributed by atoms with E-state index in [-0.39, 0.29) is 13.2 Å². The van der Waals surface area contributed by atoms with Crippen LogP contribution in [0.1, 0.15) is 0 Å². The summed E-state index contributed by atoms with van der Waals surface area (Å²) in [6, 6.07) is 4.56. The first kappa shape index (κ1) is 14.6. The fourth-order valence-corrected chi connectivity index (χ4v) is 1.66. The molecular weight excluding hydrogens is 281 g/mol. The van der Waals surface area contributed by atoms with Gasteiger partial charge in [-0.05, 0) is 18.2 Å². The topological polar surface area (TPSA) is 66.8 Å². The van der Waals surface area contributed by atoms with E-state index >= 15 is 0 Å². The first-order valence-electron chi connectivity index (χ1n) is 4.93. The molecule has 0 aromatic heterocycles. The number of amides is 1. The van der Waals surface area contributed by atoms with Gasteiger partial charge in [-0.3, -0.25) is 9.59 Å². The molecular formula is C11H11Cl2NO4. The molecule has 1 rings (SSSR count). The van der Waals surface area contributed by atoms with Gasteiger partial charge < -0.3 is 14.7 Å². The number of likely N-dealkylation sites (N-methyl/N-ethyl adjacent to an activating group) is 1. The van der Waals surface area contributed by atoms with Gasteiger partial charge in [0.2, 0.25) is 0 Å². The predicted molar refractivity (Wildman–Crippen MR) is 67.2 cm³/mol. The Morgan fingerprint density at radius 2 is 1.83 bits per heavy atom. The van der Waals surface area contributed by atoms with Crippen LogP contribution in [0.25, 0.3) is 0 Å². The van der Waals surface area contributed by atoms with Crippen molar-refractivity contribution in [3.63, 3.8) is 0 Å². The normalized spacial score (nSPS) is 9.94. The van der Waals surface area contributed by atoms with Crippen LogP contribution in [0.5, 0.6) is 5.75 Å². The van der Waals surface area contributed by atoms with Crippen molar-refractivity contribution >= 4 is 35.1 Å². The Hall–Kier alpha value is -1.46. The molecule has 1 N–H and O–H groups in total. The van der Waals surface area contributed by atoms with Crippen molar-refractivity contribution in [1.82, 2.24) is 4.90 Å². The Balaban J connectivity index is 2.54. The Morgan fingerprint density at radius 3 is 2.33 bits per heavy atom. The average molecular weight is 292 g/mol. The summed E-state index contributed by atoms with van der Waals surface area (Å²) in [6.07, 6.45) is 0. The van der Waals surface area contributed by atoms with E-state index in [1.807, 2.05) is 0 Å². The summed E-state index contributed by atoms with van der Waals surface area (Å²) in [4.78, 5) is 23.0. The van der Waals surface area contributed by atoms with Gasteiger partial charge in [0, 0.05) is 17.1 Å². The number of rotatable bonds is 5. The number of nitrogens with zero attached hydrogens (tertiary/aromatic N) is 1. The number of carbonyl (C=O) groups excluding carboxylic acids is 1. The van der Waals surface area contributed by atoms with Crippen molar-refractivity contribution in [3.05, 3.63) is 28.2 Å². The van der Waals surface area contributed by atoms with Crippen LogP contribution in [0.15, 0.2) is 18.2 Å². The van der Waals surface area contributed by atoms with E-state index in [1.54, 1.807) is 0 Å². The van der Waals surface area contributed by atoms with E-state index < -0.39 is 11.9 Å². The Morgan fingerprint density at radius 1 is 1.28 bits per heavy atom. The van der Waals surface area contributed by atoms with E-state index in [0.29, 0.717) is 15.8 Å². The molecule has 0 saturated heterocycles. The standard InChI is InChI=1S/C11H11Cl2NO4/c1-14(5-11(16)17)10(15)6-18-9-3-7(12)2-8(13)4-9/h2-4H,5-6H2,1H3,(H,16,17). The van der Waals surface area contributed by atoms with Crippen molar-refractivity contribution in [2.75, 3.05) is 20.2 Å². The van der Waals surface area contributed by atoms with E-state index in [9.17, 15) is 9.59 Å². The van der Waals surface area contributed by atoms with Gasteiger partial charge in [-0.15, -0.1) is 0 Å². The number of halogens is 2. The molecule has 0 aliphatic heterocycles. The zero-order valence-corrected chi connectivity index (χ0v) is 11.0. The lowest BCUT2D eigenvalue weighted by molar-refractivity contribution is -0.144. The summed E-state index contributed by atoms with van der Waals surface area (Å²) in [5.41, 5.74) is 0. The van der Waals surface area contributed by atoms with Crippen molar-refractivity contribution in [1.29, 1.82) is 0 Å². The number of ether oxygens (including phenoxy) is 1. The van der Waals surface area contributed by atoms with E-state index in [4.69, 9.17) is 33.0 Å². The summed E-state index contributed by atoms with van der Waals surface area (Å²) >= 11 is 11.5. The molecule has 0 saturated carbocycles. The molecule has 1 aromatic carbocycles. The lowest BCUT2D eigenvalue weighted by atomic mass is 10.3. The summed E-state index contributed by atoms with van der Waals surface area (Å²) in [6.45, 7) is -0.654. The van der Waals surface area contributed by atoms with Crippen LogP contribution in [-0.4, -0.2) is 42.1 Å². The quantitative estimate of drug-likeness (QED) is 0.900. The maximum absolute atomic E-state index is 11.5. The molecule has 0 fully saturated rings. The second-order valence-electron chi connectivity index (χ2n) is 3.54. The minimum Gasteiger partial charge on any atom is -0.484 e. The molecule has 0 aliphatic rings. The monoisotopic (exact) mass is 291 g/mol. The van der Waals surface area contributed by atoms with Crippen molar-refractivity contribution in [2.24, 2.45) is 0 Å². The highest BCUT2D eigenvalue weighted by Gasteiger charge is 2.12. The van der Waals surface area contributed by atoms with Gasteiger partial charge in [0.15, 0.2) is 6.61 Å². The third-order valence-electron chi connectivity index (χ3n) is 2.00. The molecule has 5 nitrogen and oxygen atoms in total. The highest BCUT2D eigenvalue weighted by Crippen LogP contribution is 2.24. The number of hydrogen-bond donors (Lipinski definition) is 1. The van der Waals surface area contributed by atoms with Gasteiger partial charge in [0.1, 0.15) is 12.3 Å². The molecule has 7 heteroatoms. The predicted octanol–water partition coefficient (Wildman–Crippen LogP) is 1.92. The summed E-state index contributed by atoms with van der Waals surface area (Å²) in [5.74, 6) is -1.19. The number of hydrogen-bond acceptors (Lipinski definition) is 3. The number of aliphatic carboxylic acids is 1. The maximum Gasteiger partial charge on any atom is 0.323 e. The van der Waals surface area contributed by atoms with Gasteiger partial charge >= 0.3 is 5.97 Å². The van der Waals surface area contributed by atoms with Crippen LogP contribution in [0.2, 0.25) is 10.0 Å². The minimum absolute atomic E-state index is 0.277. The zero-order chi connectivity index (χ0) is 13.7. The fourth-order valence-electron chi connectivity index (χ4n) is 1.16. The molecule has 0 aliphatic carbocycles. The fraction of sp³-hybridized carbons (Fsp3) is 0.273. The van der Waals surface area contributed by atoms with E-state index in [0.717, 1.165) is 4.90 Å². The minimum atomic E-state index is -1.09. The van der Waals surface area contributed by atoms with Gasteiger partial charge in [-0.25, -0.2) is 0 Å². The highest BCUT2D eigenvalue weighted by molar-refractivity contribution is 6.34. The first-order valence-corrected chi connectivity index (χ1v) is 5.68. The smallest absolute Gasteiger partial charge is 0.323 e. The SMILES string of the molecule is CN(CC(=O)O)C(=O)COc1cc(Cl)cc(Cl)c1. The van der Waals surface area contributed by atoms with Crippen molar-refractivity contribution in [2.45, 2.75) is 0 Å². The zero-order valence-electron chi connectivity index (χ0n) is 9.52. The Kier molecular flexibility index (Phi) is 5.25. The molecule has 18 heavy (non-hydrogen) atoms. The summed E-state index contributed by atoms with van der Waals surface area (Å²) in [7, 11) is 1.38. The number of carbonyl (C=O) groups is 2. The second kappa shape index (κ2) is 6.47. The van der Waals surface area contributed by atoms with Crippen LogP contribution >= 0.6 is 23.2 Å². The summed E-state index contributed by atoms with van der Waals surface area (Å²) in [5, 5.41) is 9.31. The molecule has 0 unspecified atom stereocenters. The third kappa shape index (κ3) is 4.81. The van der Waals surface area contributed by atoms with Gasteiger partial charge in [0.05, 0.1) is 0 Å². The van der Waals surface area contributed by atoms with Crippen LogP contribution in [-0.2, 0) is 9.59 Å². The largest absolute Gasteiger partial charge is 0.484 e. The van der Waals surface area contributed by atoms with Gasteiger partial charge in [0.25, 0.3) is 5.91 Å². The van der Waals surface area contributed by atoms with E-state index in [1.165, 1.54) is 25.2 Å². The molecule has 98 valence electrons. The third-order valence-corrected chi connectivity index (χ3v) is 2.43. The average Bonchev–Trinajstić information content (AvgIpc) is 2.23. The van der Waals surface area contributed by atoms with E-state index in [2.05, 4.69) is 0 Å². The van der Waals surface area contributed by atoms with Gasteiger partial charge in [-0.1, -0.05) is 23.2 Å². The molecule has 1 aromatic rings. The molecule has 0 atom stereocenters. The number of carboxylic acid groups (broad SMARTS) is 1. The molecule has 0 radical (unpaired) electrons. The first-order chi connectivity index (χ1) is 8.38. The molecule has 0 spiro atoms. The lowest BCUT2D eigenvalue weighted by Gasteiger charge is -2.15. The Labute approximate surface area is 114 Å². The number of benzene rings is 1. The van der Waals surface area contributed by atoms with Crippen molar-refractivity contribution in [3.8, 4) is 5.75 Å². The summed E-state index contributed by atoms with van der Waals surface area (Å²) < 4.78 is 5.18. The maximum atomic E-state index is 11.5. The van der Waals surface area contributed by atoms with Gasteiger partial charge in [-0.2, -0.15) is 0 Å². The van der Waals surface area contributed by atoms with Crippen molar-refractivity contribution < 1.29 is 19.4 Å². The molecule has 0 heterocycles. The second-order valence-corrected chi connectivity index (χ2v) is 4.41. The van der Waals surface area contributed by atoms with Crippen LogP contribution in [0, 0.1) is 0 Å². The number of carboxylic acids is 1. The molecule has 1 amide bonds. The lowest BCUT2D eigenvalue weighted by Crippen LogP contribution is -2.35. The van der Waals surface area contributed by atoms with Crippen LogP contribution in [0.3, 0.4) is 0 Å². The Bertz CT molecular complexity index is 444. The highest BCUT2D eigenvalue weighted by atomic mass is 35.5. The van der Waals surface area contributed by atoms with Crippen LogP contribution in [0.4, 0.5) is 0 Å².